The molecule has 0 aliphatic carbocycles. The van der Waals surface area contributed by atoms with Crippen molar-refractivity contribution in [2.24, 2.45) is 5.73 Å². The number of rotatable bonds is 12. The molecule has 132 valence electrons. The van der Waals surface area contributed by atoms with Crippen LogP contribution in [0.3, 0.4) is 0 Å². The second-order valence-corrected chi connectivity index (χ2v) is 10.2. The van der Waals surface area contributed by atoms with Gasteiger partial charge in [0.25, 0.3) is 5.17 Å². The lowest BCUT2D eigenvalue weighted by Crippen LogP contribution is -2.33. The molecule has 0 aliphatic rings. The van der Waals surface area contributed by atoms with Crippen LogP contribution >= 0.6 is 32.5 Å². The lowest BCUT2D eigenvalue weighted by atomic mass is 10.4. The minimum atomic E-state index is -1.94. The molecule has 0 bridgehead atoms. The van der Waals surface area contributed by atoms with Crippen molar-refractivity contribution in [3.05, 3.63) is 0 Å². The van der Waals surface area contributed by atoms with Crippen molar-refractivity contribution >= 4 is 43.8 Å². The summed E-state index contributed by atoms with van der Waals surface area (Å²) in [6.45, 7) is 6.89. The van der Waals surface area contributed by atoms with E-state index < -0.39 is 15.6 Å². The van der Waals surface area contributed by atoms with Crippen LogP contribution in [-0.2, 0) is 8.92 Å². The third-order valence-corrected chi connectivity index (χ3v) is 8.26. The molecule has 0 fully saturated rings. The number of hydrogen-bond donors (Lipinski definition) is 2. The Bertz CT molecular complexity index is 332. The molecule has 8 heteroatoms. The second kappa shape index (κ2) is 13.1. The Morgan fingerprint density at radius 1 is 1.18 bits per heavy atom. The molecule has 1 unspecified atom stereocenters. The number of ether oxygens (including phenoxy) is 1. The van der Waals surface area contributed by atoms with E-state index in [1.54, 1.807) is 10.8 Å². The molecule has 0 rings (SSSR count). The van der Waals surface area contributed by atoms with Gasteiger partial charge in [-0.25, -0.2) is 4.79 Å². The van der Waals surface area contributed by atoms with E-state index in [4.69, 9.17) is 26.9 Å². The first-order valence-corrected chi connectivity index (χ1v) is 11.5. The summed E-state index contributed by atoms with van der Waals surface area (Å²) in [6, 6.07) is 0. The van der Waals surface area contributed by atoms with Crippen molar-refractivity contribution in [2.45, 2.75) is 59.3 Å². The van der Waals surface area contributed by atoms with Crippen LogP contribution < -0.4 is 10.5 Å². The Morgan fingerprint density at radius 3 is 2.36 bits per heavy atom. The van der Waals surface area contributed by atoms with Crippen molar-refractivity contribution < 1.29 is 13.7 Å². The van der Waals surface area contributed by atoms with Crippen LogP contribution in [0.25, 0.3) is 0 Å². The smallest absolute Gasteiger partial charge is 0.417 e. The standard InChI is InChI=1S/C14H30N2O3S3/c1-4-7-10-18-14(20)16-22(12-9-6-3,19-13(15)17)21-11-8-5-2/h4-12H2,1-3H3,(H2,15,17)(H,16,20). The molecule has 0 aromatic carbocycles. The Kier molecular flexibility index (Phi) is 12.9. The summed E-state index contributed by atoms with van der Waals surface area (Å²) in [6.07, 6.45) is 5.31. The molecule has 1 amide bonds. The van der Waals surface area contributed by atoms with Crippen LogP contribution in [0.15, 0.2) is 0 Å². The Labute approximate surface area is 145 Å². The monoisotopic (exact) mass is 370 g/mol. The normalized spacial score (nSPS) is 14.7. The molecule has 5 nitrogen and oxygen atoms in total. The van der Waals surface area contributed by atoms with Gasteiger partial charge in [-0.1, -0.05) is 50.8 Å². The highest BCUT2D eigenvalue weighted by Gasteiger charge is 2.29. The molecule has 3 N–H and O–H groups in total. The van der Waals surface area contributed by atoms with E-state index >= 15 is 0 Å². The van der Waals surface area contributed by atoms with Gasteiger partial charge in [0.05, 0.1) is 6.61 Å². The predicted molar refractivity (Wildman–Crippen MR) is 102 cm³/mol. The van der Waals surface area contributed by atoms with Gasteiger partial charge in [-0.2, -0.15) is 0 Å². The fourth-order valence-electron chi connectivity index (χ4n) is 1.50. The van der Waals surface area contributed by atoms with Gasteiger partial charge in [-0.3, -0.25) is 4.72 Å². The molecule has 0 radical (unpaired) electrons. The average molecular weight is 371 g/mol. The molecule has 0 aromatic rings. The second-order valence-electron chi connectivity index (χ2n) is 4.84. The number of primary amides is 1. The predicted octanol–water partition coefficient (Wildman–Crippen LogP) is 4.66. The first kappa shape index (κ1) is 21.7. The van der Waals surface area contributed by atoms with E-state index in [1.807, 2.05) is 0 Å². The van der Waals surface area contributed by atoms with Crippen LogP contribution in [-0.4, -0.2) is 29.4 Å². The van der Waals surface area contributed by atoms with E-state index in [1.165, 1.54) is 0 Å². The Hall–Kier alpha value is -0.340. The van der Waals surface area contributed by atoms with Gasteiger partial charge in [0.15, 0.2) is 0 Å². The molecule has 0 aliphatic heterocycles. The van der Waals surface area contributed by atoms with Crippen molar-refractivity contribution in [3.8, 4) is 0 Å². The van der Waals surface area contributed by atoms with E-state index in [0.29, 0.717) is 11.8 Å². The van der Waals surface area contributed by atoms with Gasteiger partial charge in [0, 0.05) is 21.0 Å². The maximum absolute atomic E-state index is 11.3. The molecule has 0 aromatic heterocycles. The first-order valence-electron chi connectivity index (χ1n) is 7.88. The van der Waals surface area contributed by atoms with Gasteiger partial charge >= 0.3 is 6.09 Å². The summed E-state index contributed by atoms with van der Waals surface area (Å²) in [7, 11) is -0.330. The number of thiocarbonyl (C=S) groups is 1. The number of carbonyl (C=O) groups excluding carboxylic acids is 1. The number of carbonyl (C=O) groups is 1. The van der Waals surface area contributed by atoms with Crippen molar-refractivity contribution in [1.29, 1.82) is 0 Å². The Morgan fingerprint density at radius 2 is 1.82 bits per heavy atom. The third kappa shape index (κ3) is 10.4. The summed E-state index contributed by atoms with van der Waals surface area (Å²) >= 11 is 5.24. The molecule has 0 saturated heterocycles. The maximum Gasteiger partial charge on any atom is 0.417 e. The van der Waals surface area contributed by atoms with Crippen LogP contribution in [0.4, 0.5) is 4.79 Å². The van der Waals surface area contributed by atoms with Gasteiger partial charge < -0.3 is 14.7 Å². The lowest BCUT2D eigenvalue weighted by Gasteiger charge is -2.37. The van der Waals surface area contributed by atoms with Crippen LogP contribution in [0.1, 0.15) is 59.3 Å². The summed E-state index contributed by atoms with van der Waals surface area (Å²) in [5.74, 6) is 1.62. The number of nitrogens with one attached hydrogen (secondary N) is 1. The molecule has 0 spiro atoms. The molecule has 0 saturated carbocycles. The van der Waals surface area contributed by atoms with Gasteiger partial charge in [0.1, 0.15) is 0 Å². The lowest BCUT2D eigenvalue weighted by molar-refractivity contribution is 0.216. The number of nitrogens with two attached hydrogens (primary N) is 1. The molecular formula is C14H30N2O3S3. The number of unbranched alkanes of at least 4 members (excludes halogenated alkanes) is 3. The van der Waals surface area contributed by atoms with Gasteiger partial charge in [-0.15, -0.1) is 0 Å². The minimum Gasteiger partial charge on any atom is -0.470 e. The molecule has 0 heterocycles. The van der Waals surface area contributed by atoms with Crippen molar-refractivity contribution in [1.82, 2.24) is 4.72 Å². The van der Waals surface area contributed by atoms with E-state index in [0.717, 1.165) is 50.0 Å². The van der Waals surface area contributed by atoms with Crippen LogP contribution in [0.5, 0.6) is 0 Å². The molecular weight excluding hydrogens is 340 g/mol. The summed E-state index contributed by atoms with van der Waals surface area (Å²) < 4.78 is 14.1. The molecule has 1 atom stereocenters. The summed E-state index contributed by atoms with van der Waals surface area (Å²) in [5, 5.41) is 0.296. The summed E-state index contributed by atoms with van der Waals surface area (Å²) in [4.78, 5) is 11.3. The largest absolute Gasteiger partial charge is 0.470 e. The zero-order chi connectivity index (χ0) is 16.8. The number of hydrogen-bond acceptors (Lipinski definition) is 5. The van der Waals surface area contributed by atoms with Gasteiger partial charge in [-0.05, 0) is 31.5 Å². The maximum atomic E-state index is 11.3. The van der Waals surface area contributed by atoms with Crippen LogP contribution in [0.2, 0.25) is 0 Å². The van der Waals surface area contributed by atoms with Crippen molar-refractivity contribution in [2.75, 3.05) is 18.1 Å². The van der Waals surface area contributed by atoms with Crippen molar-refractivity contribution in [3.63, 3.8) is 0 Å². The molecule has 22 heavy (non-hydrogen) atoms. The zero-order valence-corrected chi connectivity index (χ0v) is 16.3. The number of amides is 1. The van der Waals surface area contributed by atoms with Gasteiger partial charge in [0.2, 0.25) is 0 Å². The van der Waals surface area contributed by atoms with E-state index in [-0.39, 0.29) is 0 Å². The quantitative estimate of drug-likeness (QED) is 0.296. The fraction of sp³-hybridized carbons (Fsp3) is 0.857. The highest BCUT2D eigenvalue weighted by molar-refractivity contribution is 8.91. The third-order valence-electron chi connectivity index (χ3n) is 2.72. The van der Waals surface area contributed by atoms with E-state index in [9.17, 15) is 4.79 Å². The van der Waals surface area contributed by atoms with E-state index in [2.05, 4.69) is 25.5 Å². The summed E-state index contributed by atoms with van der Waals surface area (Å²) in [5.41, 5.74) is 5.27. The fourth-order valence-corrected chi connectivity index (χ4v) is 7.13. The average Bonchev–Trinajstić information content (AvgIpc) is 2.45. The SMILES string of the molecule is CCCCOC(=S)NS(CCCC)(OC(N)=O)SCCCC. The zero-order valence-electron chi connectivity index (χ0n) is 13.9. The Balaban J connectivity index is 4.80. The topological polar surface area (TPSA) is 73.6 Å². The first-order chi connectivity index (χ1) is 10.5. The highest BCUT2D eigenvalue weighted by atomic mass is 33.2. The van der Waals surface area contributed by atoms with Crippen LogP contribution in [0, 0.1) is 0 Å². The highest BCUT2D eigenvalue weighted by Crippen LogP contribution is 2.58. The minimum absolute atomic E-state index is 0.296.